The number of amides is 1. The summed E-state index contributed by atoms with van der Waals surface area (Å²) in [6.07, 6.45) is 0.731. The van der Waals surface area contributed by atoms with Crippen molar-refractivity contribution in [3.8, 4) is 0 Å². The Kier molecular flexibility index (Phi) is 5.20. The van der Waals surface area contributed by atoms with Gasteiger partial charge in [-0.15, -0.1) is 0 Å². The van der Waals surface area contributed by atoms with Gasteiger partial charge in [0.15, 0.2) is 0 Å². The summed E-state index contributed by atoms with van der Waals surface area (Å²) < 4.78 is 0. The average Bonchev–Trinajstić information content (AvgIpc) is 2.47. The lowest BCUT2D eigenvalue weighted by Gasteiger charge is -2.15. The molecule has 0 spiro atoms. The number of hydrogen-bond acceptors (Lipinski definition) is 3. The van der Waals surface area contributed by atoms with Gasteiger partial charge in [0.2, 0.25) is 0 Å². The molecule has 5 heteroatoms. The van der Waals surface area contributed by atoms with Gasteiger partial charge in [-0.05, 0) is 24.1 Å². The number of rotatable bonds is 6. The molecule has 1 atom stereocenters. The highest BCUT2D eigenvalue weighted by molar-refractivity contribution is 6.34. The molecule has 0 aliphatic heterocycles. The van der Waals surface area contributed by atoms with Crippen LogP contribution in [0.5, 0.6) is 0 Å². The molecule has 0 fully saturated rings. The number of nitrogens with two attached hydrogens (primary N) is 2. The summed E-state index contributed by atoms with van der Waals surface area (Å²) in [7, 11) is 0. The van der Waals surface area contributed by atoms with Crippen molar-refractivity contribution >= 4 is 23.2 Å². The molecule has 0 bridgehead atoms. The molecule has 2 aromatic rings. The third-order valence-corrected chi connectivity index (χ3v) is 3.57. The number of primary amides is 1. The minimum atomic E-state index is -0.546. The van der Waals surface area contributed by atoms with Crippen LogP contribution in [0.15, 0.2) is 48.5 Å². The number of benzene rings is 2. The predicted molar refractivity (Wildman–Crippen MR) is 86.4 cm³/mol. The number of carbonyl (C=O) groups is 1. The lowest BCUT2D eigenvalue weighted by atomic mass is 10.0. The van der Waals surface area contributed by atoms with E-state index in [0.717, 1.165) is 12.0 Å². The van der Waals surface area contributed by atoms with Crippen LogP contribution in [0.25, 0.3) is 0 Å². The Morgan fingerprint density at radius 1 is 1.14 bits per heavy atom. The van der Waals surface area contributed by atoms with Crippen molar-refractivity contribution in [1.29, 1.82) is 0 Å². The summed E-state index contributed by atoms with van der Waals surface area (Å²) in [5.41, 5.74) is 13.5. The zero-order valence-corrected chi connectivity index (χ0v) is 12.3. The second kappa shape index (κ2) is 7.11. The van der Waals surface area contributed by atoms with E-state index in [4.69, 9.17) is 23.1 Å². The van der Waals surface area contributed by atoms with E-state index in [1.165, 1.54) is 0 Å². The van der Waals surface area contributed by atoms with Gasteiger partial charge < -0.3 is 16.8 Å². The zero-order valence-electron chi connectivity index (χ0n) is 11.6. The van der Waals surface area contributed by atoms with E-state index >= 15 is 0 Å². The number of nitrogens with one attached hydrogen (secondary N) is 1. The fourth-order valence-electron chi connectivity index (χ4n) is 2.15. The molecular formula is C16H18ClN3O. The van der Waals surface area contributed by atoms with Gasteiger partial charge in [0.1, 0.15) is 0 Å². The van der Waals surface area contributed by atoms with Crippen molar-refractivity contribution in [2.24, 2.45) is 11.5 Å². The van der Waals surface area contributed by atoms with Crippen LogP contribution in [-0.4, -0.2) is 12.5 Å². The highest BCUT2D eigenvalue weighted by atomic mass is 35.5. The molecular weight excluding hydrogens is 286 g/mol. The fourth-order valence-corrected chi connectivity index (χ4v) is 2.42. The Bertz CT molecular complexity index is 616. The van der Waals surface area contributed by atoms with Crippen LogP contribution in [0.4, 0.5) is 5.69 Å². The lowest BCUT2D eigenvalue weighted by molar-refractivity contribution is 0.100. The maximum absolute atomic E-state index is 11.4. The second-order valence-corrected chi connectivity index (χ2v) is 5.17. The van der Waals surface area contributed by atoms with Gasteiger partial charge in [0, 0.05) is 18.3 Å². The van der Waals surface area contributed by atoms with Crippen LogP contribution in [0.1, 0.15) is 28.4 Å². The molecule has 21 heavy (non-hydrogen) atoms. The molecule has 0 radical (unpaired) electrons. The number of anilines is 1. The zero-order chi connectivity index (χ0) is 15.2. The molecule has 0 saturated heterocycles. The predicted octanol–water partition coefficient (Wildman–Crippen LogP) is 2.94. The van der Waals surface area contributed by atoms with Gasteiger partial charge in [-0.1, -0.05) is 48.0 Å². The van der Waals surface area contributed by atoms with E-state index in [-0.39, 0.29) is 6.04 Å². The SMILES string of the molecule is NC(=O)c1c(Cl)cccc1NCCC(N)c1ccccc1. The average molecular weight is 304 g/mol. The Labute approximate surface area is 129 Å². The first kappa shape index (κ1) is 15.4. The van der Waals surface area contributed by atoms with Gasteiger partial charge >= 0.3 is 0 Å². The van der Waals surface area contributed by atoms with Gasteiger partial charge in [-0.25, -0.2) is 0 Å². The smallest absolute Gasteiger partial charge is 0.252 e. The molecule has 0 saturated carbocycles. The second-order valence-electron chi connectivity index (χ2n) is 4.76. The van der Waals surface area contributed by atoms with Crippen LogP contribution >= 0.6 is 11.6 Å². The van der Waals surface area contributed by atoms with Gasteiger partial charge in [-0.3, -0.25) is 4.79 Å². The highest BCUT2D eigenvalue weighted by Crippen LogP contribution is 2.24. The van der Waals surface area contributed by atoms with Gasteiger partial charge in [0.25, 0.3) is 5.91 Å². The number of carbonyl (C=O) groups excluding carboxylic acids is 1. The van der Waals surface area contributed by atoms with Gasteiger partial charge in [-0.2, -0.15) is 0 Å². The molecule has 0 aromatic heterocycles. The highest BCUT2D eigenvalue weighted by Gasteiger charge is 2.12. The minimum absolute atomic E-state index is 0.0603. The van der Waals surface area contributed by atoms with E-state index in [0.29, 0.717) is 22.8 Å². The summed E-state index contributed by atoms with van der Waals surface area (Å²) >= 11 is 6.00. The van der Waals surface area contributed by atoms with Crippen molar-refractivity contribution in [2.45, 2.75) is 12.5 Å². The van der Waals surface area contributed by atoms with Crippen LogP contribution in [0.2, 0.25) is 5.02 Å². The molecule has 0 heterocycles. The van der Waals surface area contributed by atoms with Crippen LogP contribution < -0.4 is 16.8 Å². The molecule has 1 amide bonds. The van der Waals surface area contributed by atoms with E-state index in [1.807, 2.05) is 30.3 Å². The summed E-state index contributed by atoms with van der Waals surface area (Å²) in [6.45, 7) is 0.622. The third kappa shape index (κ3) is 3.97. The summed E-state index contributed by atoms with van der Waals surface area (Å²) in [6, 6.07) is 15.0. The van der Waals surface area contributed by atoms with Crippen molar-refractivity contribution in [3.63, 3.8) is 0 Å². The van der Waals surface area contributed by atoms with Crippen molar-refractivity contribution in [3.05, 3.63) is 64.7 Å². The third-order valence-electron chi connectivity index (χ3n) is 3.26. The van der Waals surface area contributed by atoms with Crippen molar-refractivity contribution in [1.82, 2.24) is 0 Å². The minimum Gasteiger partial charge on any atom is -0.384 e. The standard InChI is InChI=1S/C16H18ClN3O/c17-12-7-4-8-14(15(12)16(19)21)20-10-9-13(18)11-5-2-1-3-6-11/h1-8,13,20H,9-10,18H2,(H2,19,21). The quantitative estimate of drug-likeness (QED) is 0.767. The molecule has 5 N–H and O–H groups in total. The molecule has 0 aliphatic rings. The maximum atomic E-state index is 11.4. The molecule has 0 aliphatic carbocycles. The molecule has 110 valence electrons. The summed E-state index contributed by atoms with van der Waals surface area (Å²) in [5.74, 6) is -0.546. The first-order valence-corrected chi connectivity index (χ1v) is 7.10. The van der Waals surface area contributed by atoms with E-state index in [2.05, 4.69) is 5.32 Å². The molecule has 2 aromatic carbocycles. The Balaban J connectivity index is 1.98. The van der Waals surface area contributed by atoms with Crippen LogP contribution in [-0.2, 0) is 0 Å². The van der Waals surface area contributed by atoms with E-state index in [9.17, 15) is 4.79 Å². The number of halogens is 1. The first-order valence-electron chi connectivity index (χ1n) is 6.72. The normalized spacial score (nSPS) is 11.9. The fraction of sp³-hybridized carbons (Fsp3) is 0.188. The first-order chi connectivity index (χ1) is 10.1. The largest absolute Gasteiger partial charge is 0.384 e. The van der Waals surface area contributed by atoms with Gasteiger partial charge in [0.05, 0.1) is 10.6 Å². The molecule has 4 nitrogen and oxygen atoms in total. The van der Waals surface area contributed by atoms with Crippen molar-refractivity contribution < 1.29 is 4.79 Å². The Morgan fingerprint density at radius 3 is 2.52 bits per heavy atom. The summed E-state index contributed by atoms with van der Waals surface area (Å²) in [5, 5.41) is 3.52. The van der Waals surface area contributed by atoms with E-state index in [1.54, 1.807) is 18.2 Å². The van der Waals surface area contributed by atoms with E-state index < -0.39 is 5.91 Å². The molecule has 1 unspecified atom stereocenters. The molecule has 2 rings (SSSR count). The topological polar surface area (TPSA) is 81.1 Å². The van der Waals surface area contributed by atoms with Crippen molar-refractivity contribution in [2.75, 3.05) is 11.9 Å². The van der Waals surface area contributed by atoms with Crippen LogP contribution in [0.3, 0.4) is 0 Å². The monoisotopic (exact) mass is 303 g/mol. The lowest BCUT2D eigenvalue weighted by Crippen LogP contribution is -2.18. The Morgan fingerprint density at radius 2 is 1.86 bits per heavy atom. The Hall–Kier alpha value is -2.04. The number of hydrogen-bond donors (Lipinski definition) is 3. The van der Waals surface area contributed by atoms with Crippen LogP contribution in [0, 0.1) is 0 Å². The maximum Gasteiger partial charge on any atom is 0.252 e. The summed E-state index contributed by atoms with van der Waals surface area (Å²) in [4.78, 5) is 11.4.